The summed E-state index contributed by atoms with van der Waals surface area (Å²) in [5.74, 6) is 2.61. The molecule has 0 aromatic rings. The third-order valence-electron chi connectivity index (χ3n) is 9.62. The molecular formula is C26H40INO3. The highest BCUT2D eigenvalue weighted by Crippen LogP contribution is 2.62. The number of ether oxygens (including phenoxy) is 1. The van der Waals surface area contributed by atoms with Crippen molar-refractivity contribution >= 4 is 22.6 Å². The van der Waals surface area contributed by atoms with Crippen LogP contribution in [0.5, 0.6) is 0 Å². The zero-order valence-electron chi connectivity index (χ0n) is 19.4. The van der Waals surface area contributed by atoms with Gasteiger partial charge in [0.05, 0.1) is 24.9 Å². The molecule has 5 rings (SSSR count). The van der Waals surface area contributed by atoms with E-state index in [-0.39, 0.29) is 23.7 Å². The van der Waals surface area contributed by atoms with Gasteiger partial charge in [-0.15, -0.1) is 0 Å². The third kappa shape index (κ3) is 3.98. The van der Waals surface area contributed by atoms with Gasteiger partial charge < -0.3 is 15.1 Å². The van der Waals surface area contributed by atoms with E-state index in [1.54, 1.807) is 10.6 Å². The van der Waals surface area contributed by atoms with Gasteiger partial charge >= 0.3 is 0 Å². The van der Waals surface area contributed by atoms with Gasteiger partial charge in [-0.1, -0.05) is 53.7 Å². The lowest BCUT2D eigenvalue weighted by molar-refractivity contribution is -0.194. The monoisotopic (exact) mass is 541 g/mol. The molecule has 3 unspecified atom stereocenters. The van der Waals surface area contributed by atoms with Crippen molar-refractivity contribution in [2.75, 3.05) is 13.2 Å². The van der Waals surface area contributed by atoms with E-state index >= 15 is 0 Å². The summed E-state index contributed by atoms with van der Waals surface area (Å²) in [4.78, 5) is 0. The highest BCUT2D eigenvalue weighted by molar-refractivity contribution is 14.1. The molecule has 2 saturated carbocycles. The maximum absolute atomic E-state index is 10.8. The number of allylic oxidation sites excluding steroid dienone is 2. The van der Waals surface area contributed by atoms with E-state index in [9.17, 15) is 10.3 Å². The Morgan fingerprint density at radius 1 is 1.23 bits per heavy atom. The fraction of sp³-hybridized carbons (Fsp3) is 0.846. The number of alkyl halides is 1. The summed E-state index contributed by atoms with van der Waals surface area (Å²) in [6.45, 7) is 8.50. The SMILES string of the molecule is C/C1=C2\C[C@H]3C(CCC4=C[C@@H](O)CC[C@@]43C)C2CC[C@H](I)C2[C@@H](C[C@H](C)CN2O)OC1. The van der Waals surface area contributed by atoms with E-state index in [0.29, 0.717) is 28.3 Å². The molecule has 2 N–H and O–H groups in total. The minimum absolute atomic E-state index is 0.113. The number of hydroxylamine groups is 2. The minimum atomic E-state index is -0.233. The summed E-state index contributed by atoms with van der Waals surface area (Å²) in [6.07, 6.45) is 11.2. The lowest BCUT2D eigenvalue weighted by Gasteiger charge is -2.49. The zero-order valence-corrected chi connectivity index (χ0v) is 21.6. The molecule has 174 valence electrons. The molecule has 0 aromatic carbocycles. The summed E-state index contributed by atoms with van der Waals surface area (Å²) in [5.41, 5.74) is 4.94. The number of rotatable bonds is 0. The first kappa shape index (κ1) is 22.8. The van der Waals surface area contributed by atoms with E-state index in [2.05, 4.69) is 49.4 Å². The lowest BCUT2D eigenvalue weighted by Crippen LogP contribution is -2.54. The Hall–Kier alpha value is 0.0500. The number of fused-ring (bicyclic) bond motifs is 6. The summed E-state index contributed by atoms with van der Waals surface area (Å²) < 4.78 is 6.96. The molecule has 5 aliphatic rings. The first-order chi connectivity index (χ1) is 14.8. The van der Waals surface area contributed by atoms with Crippen molar-refractivity contribution in [1.29, 1.82) is 0 Å². The van der Waals surface area contributed by atoms with Crippen LogP contribution < -0.4 is 0 Å². The van der Waals surface area contributed by atoms with E-state index in [1.165, 1.54) is 30.4 Å². The second-order valence-corrected chi connectivity index (χ2v) is 13.1. The van der Waals surface area contributed by atoms with Crippen LogP contribution in [0.1, 0.15) is 72.1 Å². The van der Waals surface area contributed by atoms with Crippen LogP contribution in [0.2, 0.25) is 0 Å². The van der Waals surface area contributed by atoms with Crippen LogP contribution in [-0.4, -0.2) is 50.7 Å². The number of aliphatic hydroxyl groups is 1. The summed E-state index contributed by atoms with van der Waals surface area (Å²) >= 11 is 2.59. The number of nitrogens with zero attached hydrogens (tertiary/aromatic N) is 1. The van der Waals surface area contributed by atoms with E-state index < -0.39 is 0 Å². The fourth-order valence-corrected chi connectivity index (χ4v) is 9.14. The van der Waals surface area contributed by atoms with E-state index in [0.717, 1.165) is 44.6 Å². The Balaban J connectivity index is 1.44. The molecule has 3 fully saturated rings. The smallest absolute Gasteiger partial charge is 0.0771 e. The van der Waals surface area contributed by atoms with E-state index in [4.69, 9.17) is 4.74 Å². The van der Waals surface area contributed by atoms with Crippen molar-refractivity contribution in [3.05, 3.63) is 22.8 Å². The van der Waals surface area contributed by atoms with Crippen molar-refractivity contribution in [3.63, 3.8) is 0 Å². The molecule has 2 heterocycles. The van der Waals surface area contributed by atoms with Crippen molar-refractivity contribution in [2.45, 2.75) is 94.3 Å². The molecule has 5 heteroatoms. The second-order valence-electron chi connectivity index (χ2n) is 11.5. The van der Waals surface area contributed by atoms with Crippen LogP contribution in [0.4, 0.5) is 0 Å². The molecule has 31 heavy (non-hydrogen) atoms. The Morgan fingerprint density at radius 2 is 2.03 bits per heavy atom. The quantitative estimate of drug-likeness (QED) is 0.241. The third-order valence-corrected chi connectivity index (χ3v) is 11.0. The normalized spacial score (nSPS) is 51.2. The van der Waals surface area contributed by atoms with Gasteiger partial charge in [0.15, 0.2) is 0 Å². The number of halogens is 1. The number of hydrogen-bond donors (Lipinski definition) is 2. The van der Waals surface area contributed by atoms with Gasteiger partial charge in [0.1, 0.15) is 0 Å². The molecule has 0 bridgehead atoms. The lowest BCUT2D eigenvalue weighted by atomic mass is 9.56. The van der Waals surface area contributed by atoms with Gasteiger partial charge in [-0.3, -0.25) is 0 Å². The van der Waals surface area contributed by atoms with Gasteiger partial charge in [-0.2, -0.15) is 5.06 Å². The number of piperidine rings is 1. The molecule has 0 spiro atoms. The van der Waals surface area contributed by atoms with E-state index in [1.807, 2.05) is 0 Å². The topological polar surface area (TPSA) is 52.9 Å². The fourth-order valence-electron chi connectivity index (χ4n) is 7.95. The predicted octanol–water partition coefficient (Wildman–Crippen LogP) is 5.52. The van der Waals surface area contributed by atoms with Gasteiger partial charge in [0, 0.05) is 10.5 Å². The van der Waals surface area contributed by atoms with Gasteiger partial charge in [0.2, 0.25) is 0 Å². The summed E-state index contributed by atoms with van der Waals surface area (Å²) in [7, 11) is 0. The van der Waals surface area contributed by atoms with Crippen LogP contribution in [0.15, 0.2) is 22.8 Å². The molecule has 3 aliphatic carbocycles. The van der Waals surface area contributed by atoms with Gasteiger partial charge in [-0.25, -0.2) is 0 Å². The Bertz CT molecular complexity index is 766. The van der Waals surface area contributed by atoms with Gasteiger partial charge in [-0.05, 0) is 93.0 Å². The number of aliphatic hydroxyl groups excluding tert-OH is 1. The maximum atomic E-state index is 10.8. The zero-order chi connectivity index (χ0) is 21.9. The molecule has 2 aliphatic heterocycles. The first-order valence-electron chi connectivity index (χ1n) is 12.6. The Morgan fingerprint density at radius 3 is 2.84 bits per heavy atom. The Labute approximate surface area is 201 Å². The van der Waals surface area contributed by atoms with Crippen molar-refractivity contribution in [3.8, 4) is 0 Å². The standard InChI is InChI=1S/C26H40INO3/c1-15-10-24-25(28(30)13-15)23(27)7-6-19-20-5-4-17-11-18(29)8-9-26(17,3)22(20)12-21(19)16(2)14-31-24/h11,15,18-20,22-25,29-30H,4-10,12-14H2,1-3H3/b21-16-/t15-,18-,19?,20?,22-,23-,24+,25?,26-/m0/s1. The minimum Gasteiger partial charge on any atom is -0.389 e. The highest BCUT2D eigenvalue weighted by atomic mass is 127. The molecule has 0 radical (unpaired) electrons. The Kier molecular flexibility index (Phi) is 6.39. The maximum Gasteiger partial charge on any atom is 0.0771 e. The first-order valence-corrected chi connectivity index (χ1v) is 13.8. The van der Waals surface area contributed by atoms with Crippen molar-refractivity contribution in [1.82, 2.24) is 5.06 Å². The second kappa shape index (κ2) is 8.68. The molecule has 0 aromatic heterocycles. The van der Waals surface area contributed by atoms with Crippen LogP contribution in [0, 0.1) is 29.1 Å². The average Bonchev–Trinajstić information content (AvgIpc) is 3.10. The molecule has 0 amide bonds. The predicted molar refractivity (Wildman–Crippen MR) is 131 cm³/mol. The van der Waals surface area contributed by atoms with Crippen LogP contribution >= 0.6 is 22.6 Å². The van der Waals surface area contributed by atoms with Crippen molar-refractivity contribution in [2.24, 2.45) is 29.1 Å². The summed E-state index contributed by atoms with van der Waals surface area (Å²) in [6, 6.07) is 0.113. The number of hydrogen-bond acceptors (Lipinski definition) is 4. The highest BCUT2D eigenvalue weighted by Gasteiger charge is 2.53. The van der Waals surface area contributed by atoms with Crippen LogP contribution in [-0.2, 0) is 4.74 Å². The van der Waals surface area contributed by atoms with Crippen LogP contribution in [0.3, 0.4) is 0 Å². The average molecular weight is 542 g/mol. The molecule has 9 atom stereocenters. The summed E-state index contributed by atoms with van der Waals surface area (Å²) in [5, 5.41) is 22.6. The van der Waals surface area contributed by atoms with Crippen LogP contribution in [0.25, 0.3) is 0 Å². The molecule has 1 saturated heterocycles. The largest absolute Gasteiger partial charge is 0.389 e. The molecule has 4 nitrogen and oxygen atoms in total. The molecular weight excluding hydrogens is 501 g/mol. The van der Waals surface area contributed by atoms with Gasteiger partial charge in [0.25, 0.3) is 0 Å². The van der Waals surface area contributed by atoms with Crippen molar-refractivity contribution < 1.29 is 15.1 Å².